The van der Waals surface area contributed by atoms with Crippen LogP contribution in [0.1, 0.15) is 5.69 Å². The summed E-state index contributed by atoms with van der Waals surface area (Å²) in [5.74, 6) is 0.0930. The summed E-state index contributed by atoms with van der Waals surface area (Å²) in [5, 5.41) is 10.6. The molecule has 2 aromatic heterocycles. The van der Waals surface area contributed by atoms with Crippen molar-refractivity contribution in [2.24, 2.45) is 0 Å². The molecule has 0 atom stereocenters. The molecule has 0 saturated heterocycles. The van der Waals surface area contributed by atoms with Crippen LogP contribution in [0.25, 0.3) is 16.7 Å². The highest BCUT2D eigenvalue weighted by Crippen LogP contribution is 2.29. The standard InChI is InChI=1S/C11H6BrF3N4/c12-7-2-1-3-8-6(7)5-19(18-8)10-4-9(16-17-10)11(13,14)15/h1-5H,(H,16,17). The van der Waals surface area contributed by atoms with Crippen molar-refractivity contribution in [1.29, 1.82) is 0 Å². The maximum Gasteiger partial charge on any atom is 0.432 e. The van der Waals surface area contributed by atoms with Crippen LogP contribution in [-0.4, -0.2) is 20.0 Å². The average molecular weight is 331 g/mol. The fourth-order valence-corrected chi connectivity index (χ4v) is 2.16. The summed E-state index contributed by atoms with van der Waals surface area (Å²) < 4.78 is 39.6. The van der Waals surface area contributed by atoms with Gasteiger partial charge in [-0.25, -0.2) is 4.68 Å². The number of nitrogens with zero attached hydrogens (tertiary/aromatic N) is 3. The lowest BCUT2D eigenvalue weighted by molar-refractivity contribution is -0.141. The van der Waals surface area contributed by atoms with Gasteiger partial charge in [-0.2, -0.15) is 23.4 Å². The van der Waals surface area contributed by atoms with Gasteiger partial charge in [-0.15, -0.1) is 0 Å². The maximum absolute atomic E-state index is 12.5. The molecule has 4 nitrogen and oxygen atoms in total. The van der Waals surface area contributed by atoms with Crippen LogP contribution in [0.3, 0.4) is 0 Å². The molecule has 0 spiro atoms. The zero-order chi connectivity index (χ0) is 13.6. The number of alkyl halides is 3. The molecule has 0 aliphatic rings. The highest BCUT2D eigenvalue weighted by atomic mass is 79.9. The first-order valence-electron chi connectivity index (χ1n) is 5.22. The number of hydrogen-bond donors (Lipinski definition) is 1. The lowest BCUT2D eigenvalue weighted by Crippen LogP contribution is -2.04. The Bertz CT molecular complexity index is 744. The third-order valence-electron chi connectivity index (χ3n) is 2.60. The van der Waals surface area contributed by atoms with Gasteiger partial charge in [0.05, 0.1) is 5.52 Å². The fourth-order valence-electron chi connectivity index (χ4n) is 1.70. The molecule has 0 amide bonds. The zero-order valence-corrected chi connectivity index (χ0v) is 10.8. The second kappa shape index (κ2) is 4.09. The number of benzene rings is 1. The molecule has 0 aliphatic carbocycles. The number of aromatic nitrogens is 4. The van der Waals surface area contributed by atoms with Crippen LogP contribution in [0.4, 0.5) is 13.2 Å². The largest absolute Gasteiger partial charge is 0.432 e. The molecule has 1 N–H and O–H groups in total. The van der Waals surface area contributed by atoms with Crippen molar-refractivity contribution in [1.82, 2.24) is 20.0 Å². The Morgan fingerprint density at radius 3 is 2.68 bits per heavy atom. The van der Waals surface area contributed by atoms with Gasteiger partial charge in [0.25, 0.3) is 0 Å². The van der Waals surface area contributed by atoms with Crippen molar-refractivity contribution < 1.29 is 13.2 Å². The van der Waals surface area contributed by atoms with Gasteiger partial charge in [-0.3, -0.25) is 5.10 Å². The van der Waals surface area contributed by atoms with Gasteiger partial charge in [-0.05, 0) is 12.1 Å². The Morgan fingerprint density at radius 1 is 1.26 bits per heavy atom. The molecule has 8 heteroatoms. The van der Waals surface area contributed by atoms with E-state index in [9.17, 15) is 13.2 Å². The Balaban J connectivity index is 2.09. The number of hydrogen-bond acceptors (Lipinski definition) is 2. The number of H-pyrrole nitrogens is 1. The second-order valence-electron chi connectivity index (χ2n) is 3.88. The number of nitrogens with one attached hydrogen (secondary N) is 1. The van der Waals surface area contributed by atoms with E-state index in [0.29, 0.717) is 5.52 Å². The summed E-state index contributed by atoms with van der Waals surface area (Å²) in [6, 6.07) is 6.32. The Labute approximate surface area is 113 Å². The molecule has 0 saturated carbocycles. The predicted octanol–water partition coefficient (Wildman–Crippen LogP) is 3.53. The third-order valence-corrected chi connectivity index (χ3v) is 3.29. The van der Waals surface area contributed by atoms with Crippen LogP contribution in [0.15, 0.2) is 34.9 Å². The van der Waals surface area contributed by atoms with E-state index in [1.54, 1.807) is 18.3 Å². The number of fused-ring (bicyclic) bond motifs is 1. The minimum absolute atomic E-state index is 0.0930. The molecule has 0 aliphatic heterocycles. The first-order valence-corrected chi connectivity index (χ1v) is 6.01. The van der Waals surface area contributed by atoms with Gasteiger partial charge in [0.2, 0.25) is 0 Å². The molecule has 3 aromatic rings. The van der Waals surface area contributed by atoms with Crippen molar-refractivity contribution in [3.05, 3.63) is 40.6 Å². The van der Waals surface area contributed by atoms with Crippen molar-refractivity contribution in [2.45, 2.75) is 6.18 Å². The molecule has 3 rings (SSSR count). The van der Waals surface area contributed by atoms with Crippen molar-refractivity contribution in [2.75, 3.05) is 0 Å². The van der Waals surface area contributed by atoms with E-state index >= 15 is 0 Å². The highest BCUT2D eigenvalue weighted by molar-refractivity contribution is 9.10. The number of halogens is 4. The molecule has 0 bridgehead atoms. The van der Waals surface area contributed by atoms with Crippen molar-refractivity contribution in [3.63, 3.8) is 0 Å². The molecule has 2 heterocycles. The minimum atomic E-state index is -4.45. The van der Waals surface area contributed by atoms with Gasteiger partial charge < -0.3 is 0 Å². The lowest BCUT2D eigenvalue weighted by atomic mass is 10.3. The van der Waals surface area contributed by atoms with E-state index in [-0.39, 0.29) is 5.82 Å². The van der Waals surface area contributed by atoms with Crippen LogP contribution in [0, 0.1) is 0 Å². The molecule has 19 heavy (non-hydrogen) atoms. The van der Waals surface area contributed by atoms with E-state index in [4.69, 9.17) is 0 Å². The normalized spacial score (nSPS) is 12.2. The Hall–Kier alpha value is -1.83. The maximum atomic E-state index is 12.5. The summed E-state index contributed by atoms with van der Waals surface area (Å²) in [4.78, 5) is 0. The molecule has 1 aromatic carbocycles. The summed E-state index contributed by atoms with van der Waals surface area (Å²) >= 11 is 3.36. The van der Waals surface area contributed by atoms with E-state index in [2.05, 4.69) is 26.1 Å². The van der Waals surface area contributed by atoms with Crippen LogP contribution in [-0.2, 0) is 6.18 Å². The van der Waals surface area contributed by atoms with Gasteiger partial charge in [0.15, 0.2) is 5.82 Å². The van der Waals surface area contributed by atoms with E-state index < -0.39 is 11.9 Å². The number of aromatic amines is 1. The van der Waals surface area contributed by atoms with Gasteiger partial charge in [-0.1, -0.05) is 22.0 Å². The molecule has 0 unspecified atom stereocenters. The predicted molar refractivity (Wildman–Crippen MR) is 65.9 cm³/mol. The van der Waals surface area contributed by atoms with Crippen LogP contribution >= 0.6 is 15.9 Å². The van der Waals surface area contributed by atoms with Gasteiger partial charge >= 0.3 is 6.18 Å². The molecular formula is C11H6BrF3N4. The summed E-state index contributed by atoms with van der Waals surface area (Å²) in [5.41, 5.74) is -0.230. The monoisotopic (exact) mass is 330 g/mol. The Kier molecular flexibility index (Phi) is 2.63. The average Bonchev–Trinajstić information content (AvgIpc) is 2.94. The van der Waals surface area contributed by atoms with E-state index in [0.717, 1.165) is 15.9 Å². The quantitative estimate of drug-likeness (QED) is 0.741. The summed E-state index contributed by atoms with van der Waals surface area (Å²) in [6.45, 7) is 0. The highest BCUT2D eigenvalue weighted by Gasteiger charge is 2.33. The summed E-state index contributed by atoms with van der Waals surface area (Å²) in [7, 11) is 0. The SMILES string of the molecule is FC(F)(F)c1cc(-n2cc3c(Br)cccc3n2)n[nH]1. The van der Waals surface area contributed by atoms with Gasteiger partial charge in [0, 0.05) is 22.1 Å². The van der Waals surface area contributed by atoms with E-state index in [1.165, 1.54) is 4.68 Å². The van der Waals surface area contributed by atoms with Crippen LogP contribution in [0.5, 0.6) is 0 Å². The van der Waals surface area contributed by atoms with Crippen molar-refractivity contribution >= 4 is 26.8 Å². The summed E-state index contributed by atoms with van der Waals surface area (Å²) in [6.07, 6.45) is -2.83. The first-order chi connectivity index (χ1) is 8.95. The first kappa shape index (κ1) is 12.2. The van der Waals surface area contributed by atoms with Crippen LogP contribution < -0.4 is 0 Å². The lowest BCUT2D eigenvalue weighted by Gasteiger charge is -1.99. The number of rotatable bonds is 1. The topological polar surface area (TPSA) is 46.5 Å². The van der Waals surface area contributed by atoms with Crippen LogP contribution in [0.2, 0.25) is 0 Å². The molecule has 0 fully saturated rings. The van der Waals surface area contributed by atoms with E-state index in [1.807, 2.05) is 11.2 Å². The second-order valence-corrected chi connectivity index (χ2v) is 4.74. The minimum Gasteiger partial charge on any atom is -0.271 e. The molecule has 98 valence electrons. The van der Waals surface area contributed by atoms with Crippen molar-refractivity contribution in [3.8, 4) is 5.82 Å². The fraction of sp³-hybridized carbons (Fsp3) is 0.0909. The Morgan fingerprint density at radius 2 is 2.05 bits per heavy atom. The third kappa shape index (κ3) is 2.12. The smallest absolute Gasteiger partial charge is 0.271 e. The molecular weight excluding hydrogens is 325 g/mol. The zero-order valence-electron chi connectivity index (χ0n) is 9.24. The molecule has 0 radical (unpaired) electrons. The van der Waals surface area contributed by atoms with Gasteiger partial charge in [0.1, 0.15) is 5.69 Å².